The number of rotatable bonds is 4. The molecule has 0 aliphatic rings. The van der Waals surface area contributed by atoms with Crippen LogP contribution in [0.5, 0.6) is 0 Å². The smallest absolute Gasteiger partial charge is 0.0723 e. The fourth-order valence-corrected chi connectivity index (χ4v) is 1.91. The van der Waals surface area contributed by atoms with Crippen molar-refractivity contribution in [2.24, 2.45) is 0 Å². The van der Waals surface area contributed by atoms with E-state index < -0.39 is 0 Å². The van der Waals surface area contributed by atoms with Crippen LogP contribution in [0.25, 0.3) is 10.9 Å². The van der Waals surface area contributed by atoms with Gasteiger partial charge in [-0.05, 0) is 30.7 Å². The zero-order valence-electron chi connectivity index (χ0n) is 9.65. The molecule has 2 aromatic rings. The Morgan fingerprint density at radius 2 is 2.24 bits per heavy atom. The van der Waals surface area contributed by atoms with E-state index in [2.05, 4.69) is 10.3 Å². The van der Waals surface area contributed by atoms with Gasteiger partial charge < -0.3 is 10.4 Å². The van der Waals surface area contributed by atoms with Crippen molar-refractivity contribution in [3.8, 4) is 0 Å². The van der Waals surface area contributed by atoms with Crippen molar-refractivity contribution in [3.05, 3.63) is 35.5 Å². The summed E-state index contributed by atoms with van der Waals surface area (Å²) < 4.78 is 0. The van der Waals surface area contributed by atoms with E-state index in [1.807, 2.05) is 31.2 Å². The molecule has 1 aromatic carbocycles. The van der Waals surface area contributed by atoms with Crippen molar-refractivity contribution in [3.63, 3.8) is 0 Å². The maximum atomic E-state index is 9.21. The number of aromatic nitrogens is 1. The quantitative estimate of drug-likeness (QED) is 0.877. The number of hydrogen-bond donors (Lipinski definition) is 2. The van der Waals surface area contributed by atoms with Crippen molar-refractivity contribution in [1.29, 1.82) is 0 Å². The number of anilines is 1. The van der Waals surface area contributed by atoms with E-state index in [1.54, 1.807) is 6.20 Å². The number of nitrogens with one attached hydrogen (secondary N) is 1. The van der Waals surface area contributed by atoms with Crippen LogP contribution in [0.4, 0.5) is 5.69 Å². The molecule has 4 heteroatoms. The third-order valence-electron chi connectivity index (χ3n) is 2.78. The zero-order chi connectivity index (χ0) is 12.3. The molecule has 1 atom stereocenters. The van der Waals surface area contributed by atoms with Gasteiger partial charge in [-0.15, -0.1) is 0 Å². The van der Waals surface area contributed by atoms with Gasteiger partial charge >= 0.3 is 0 Å². The number of halogens is 1. The minimum atomic E-state index is 0.0552. The Morgan fingerprint density at radius 1 is 1.41 bits per heavy atom. The zero-order valence-corrected chi connectivity index (χ0v) is 10.4. The van der Waals surface area contributed by atoms with E-state index in [0.717, 1.165) is 23.0 Å². The molecular formula is C13H15ClN2O. The average molecular weight is 251 g/mol. The van der Waals surface area contributed by atoms with Crippen LogP contribution in [0.3, 0.4) is 0 Å². The summed E-state index contributed by atoms with van der Waals surface area (Å²) in [6.45, 7) is 2.14. The average Bonchev–Trinajstić information content (AvgIpc) is 2.36. The lowest BCUT2D eigenvalue weighted by Gasteiger charge is -2.17. The Bertz CT molecular complexity index is 512. The maximum Gasteiger partial charge on any atom is 0.0723 e. The highest BCUT2D eigenvalue weighted by Gasteiger charge is 2.07. The third-order valence-corrected chi connectivity index (χ3v) is 3.01. The fraction of sp³-hybridized carbons (Fsp3) is 0.308. The number of pyridine rings is 1. The molecule has 3 nitrogen and oxygen atoms in total. The fourth-order valence-electron chi connectivity index (χ4n) is 1.74. The molecule has 0 radical (unpaired) electrons. The van der Waals surface area contributed by atoms with Crippen LogP contribution < -0.4 is 5.32 Å². The van der Waals surface area contributed by atoms with E-state index >= 15 is 0 Å². The summed E-state index contributed by atoms with van der Waals surface area (Å²) in [6.07, 6.45) is 2.61. The molecule has 1 heterocycles. The van der Waals surface area contributed by atoms with Gasteiger partial charge in [0.15, 0.2) is 0 Å². The van der Waals surface area contributed by atoms with Crippen molar-refractivity contribution < 1.29 is 5.11 Å². The van der Waals surface area contributed by atoms with Gasteiger partial charge in [-0.25, -0.2) is 0 Å². The minimum absolute atomic E-state index is 0.0552. The number of nitrogens with zero attached hydrogens (tertiary/aromatic N) is 1. The first-order valence-electron chi connectivity index (χ1n) is 5.66. The molecule has 2 N–H and O–H groups in total. The highest BCUT2D eigenvalue weighted by atomic mass is 35.5. The molecule has 0 aliphatic carbocycles. The second-order valence-electron chi connectivity index (χ2n) is 3.95. The monoisotopic (exact) mass is 250 g/mol. The van der Waals surface area contributed by atoms with Gasteiger partial charge in [0.25, 0.3) is 0 Å². The van der Waals surface area contributed by atoms with E-state index in [-0.39, 0.29) is 12.6 Å². The van der Waals surface area contributed by atoms with Crippen molar-refractivity contribution in [1.82, 2.24) is 4.98 Å². The lowest BCUT2D eigenvalue weighted by Crippen LogP contribution is -2.22. The van der Waals surface area contributed by atoms with Gasteiger partial charge in [0, 0.05) is 28.3 Å². The summed E-state index contributed by atoms with van der Waals surface area (Å²) in [5, 5.41) is 14.2. The molecule has 90 valence electrons. The Morgan fingerprint density at radius 3 is 2.94 bits per heavy atom. The number of benzene rings is 1. The highest BCUT2D eigenvalue weighted by Crippen LogP contribution is 2.25. The van der Waals surface area contributed by atoms with Crippen LogP contribution in [-0.2, 0) is 0 Å². The Kier molecular flexibility index (Phi) is 3.82. The number of fused-ring (bicyclic) bond motifs is 1. The van der Waals surface area contributed by atoms with Crippen LogP contribution in [0.2, 0.25) is 5.02 Å². The van der Waals surface area contributed by atoms with E-state index in [0.29, 0.717) is 5.02 Å². The summed E-state index contributed by atoms with van der Waals surface area (Å²) in [5.74, 6) is 0. The molecule has 0 bridgehead atoms. The van der Waals surface area contributed by atoms with Gasteiger partial charge in [-0.2, -0.15) is 0 Å². The first kappa shape index (κ1) is 12.1. The highest BCUT2D eigenvalue weighted by molar-refractivity contribution is 6.31. The molecular weight excluding hydrogens is 236 g/mol. The molecule has 0 unspecified atom stereocenters. The SMILES string of the molecule is CC[C@@H](CO)Nc1ccnc2ccc(Cl)cc12. The summed E-state index contributed by atoms with van der Waals surface area (Å²) in [6, 6.07) is 7.56. The molecule has 0 saturated heterocycles. The Balaban J connectivity index is 2.42. The molecule has 0 fully saturated rings. The largest absolute Gasteiger partial charge is 0.394 e. The standard InChI is InChI=1S/C13H15ClN2O/c1-2-10(8-17)16-13-5-6-15-12-4-3-9(14)7-11(12)13/h3-7,10,17H,2,8H2,1H3,(H,15,16)/t10-/m0/s1. The third kappa shape index (κ3) is 2.68. The summed E-state index contributed by atoms with van der Waals surface area (Å²) in [5.41, 5.74) is 1.85. The van der Waals surface area contributed by atoms with Gasteiger partial charge in [0.2, 0.25) is 0 Å². The van der Waals surface area contributed by atoms with Gasteiger partial charge in [-0.1, -0.05) is 18.5 Å². The van der Waals surface area contributed by atoms with Crippen LogP contribution in [0.1, 0.15) is 13.3 Å². The number of aliphatic hydroxyl groups excluding tert-OH is 1. The molecule has 0 saturated carbocycles. The predicted octanol–water partition coefficient (Wildman–Crippen LogP) is 3.07. The lowest BCUT2D eigenvalue weighted by molar-refractivity contribution is 0.272. The van der Waals surface area contributed by atoms with Crippen LogP contribution >= 0.6 is 11.6 Å². The summed E-state index contributed by atoms with van der Waals surface area (Å²) >= 11 is 5.99. The number of hydrogen-bond acceptors (Lipinski definition) is 3. The van der Waals surface area contributed by atoms with E-state index in [4.69, 9.17) is 11.6 Å². The minimum Gasteiger partial charge on any atom is -0.394 e. The second-order valence-corrected chi connectivity index (χ2v) is 4.39. The summed E-state index contributed by atoms with van der Waals surface area (Å²) in [4.78, 5) is 4.28. The van der Waals surface area contributed by atoms with Crippen LogP contribution in [-0.4, -0.2) is 22.7 Å². The molecule has 2 rings (SSSR count). The van der Waals surface area contributed by atoms with Gasteiger partial charge in [0.05, 0.1) is 12.1 Å². The second kappa shape index (κ2) is 5.34. The van der Waals surface area contributed by atoms with E-state index in [1.165, 1.54) is 0 Å². The lowest BCUT2D eigenvalue weighted by atomic mass is 10.1. The van der Waals surface area contributed by atoms with Crippen LogP contribution in [0.15, 0.2) is 30.5 Å². The molecule has 1 aromatic heterocycles. The van der Waals surface area contributed by atoms with Crippen molar-refractivity contribution >= 4 is 28.2 Å². The molecule has 0 amide bonds. The maximum absolute atomic E-state index is 9.21. The van der Waals surface area contributed by atoms with E-state index in [9.17, 15) is 5.11 Å². The van der Waals surface area contributed by atoms with Crippen LogP contribution in [0, 0.1) is 0 Å². The Labute approximate surface area is 105 Å². The first-order chi connectivity index (χ1) is 8.24. The topological polar surface area (TPSA) is 45.1 Å². The van der Waals surface area contributed by atoms with Gasteiger partial charge in [0.1, 0.15) is 0 Å². The number of aliphatic hydroxyl groups is 1. The van der Waals surface area contributed by atoms with Gasteiger partial charge in [-0.3, -0.25) is 4.98 Å². The van der Waals surface area contributed by atoms with Crippen molar-refractivity contribution in [2.75, 3.05) is 11.9 Å². The Hall–Kier alpha value is -1.32. The first-order valence-corrected chi connectivity index (χ1v) is 6.04. The van der Waals surface area contributed by atoms with Crippen molar-refractivity contribution in [2.45, 2.75) is 19.4 Å². The summed E-state index contributed by atoms with van der Waals surface area (Å²) in [7, 11) is 0. The predicted molar refractivity (Wildman–Crippen MR) is 71.5 cm³/mol. The molecule has 0 spiro atoms. The molecule has 17 heavy (non-hydrogen) atoms. The normalized spacial score (nSPS) is 12.6. The molecule has 0 aliphatic heterocycles.